The maximum Gasteiger partial charge on any atom is 0.306 e. The maximum atomic E-state index is 12.8. The van der Waals surface area contributed by atoms with E-state index in [0.29, 0.717) is 6.42 Å². The highest BCUT2D eigenvalue weighted by Gasteiger charge is 2.25. The van der Waals surface area contributed by atoms with E-state index in [0.717, 1.165) is 38.5 Å². The number of carboxylic acids is 1. The number of aliphatic hydroxyl groups excluding tert-OH is 1. The highest BCUT2D eigenvalue weighted by molar-refractivity contribution is 7.89. The van der Waals surface area contributed by atoms with Gasteiger partial charge in [0.1, 0.15) is 6.61 Å². The molecule has 0 rings (SSSR count). The molecule has 0 spiro atoms. The van der Waals surface area contributed by atoms with E-state index < -0.39 is 34.1 Å². The molecule has 0 aliphatic carbocycles. The second kappa shape index (κ2) is 33.1. The van der Waals surface area contributed by atoms with Crippen LogP contribution in [-0.2, 0) is 24.3 Å². The quantitative estimate of drug-likeness (QED) is 0.0340. The van der Waals surface area contributed by atoms with Gasteiger partial charge in [0.25, 0.3) is 0 Å². The first kappa shape index (κ1) is 45.6. The minimum atomic E-state index is -3.70. The minimum Gasteiger partial charge on any atom is -0.481 e. The topological polar surface area (TPSA) is 130 Å². The smallest absolute Gasteiger partial charge is 0.306 e. The van der Waals surface area contributed by atoms with E-state index in [9.17, 15) is 23.1 Å². The Morgan fingerprint density at radius 1 is 0.638 bits per heavy atom. The fraction of sp³-hybridized carbons (Fsp3) is 0.895. The summed E-state index contributed by atoms with van der Waals surface area (Å²) in [7, 11) is -3.70. The standard InChI is InChI=1S/C38H73NO7S/c1-3-5-7-9-11-13-15-17-19-21-23-25-27-29-33-47(44,45)39-35(34-46-38(43)32-31-37(41)42)36(40)30-28-26-24-22-20-18-16-14-12-10-8-6-4-2/h28,30,35-36,39-40H,3-27,29,31-34H2,1-2H3,(H,41,42)/b30-28+/t35-,36+/m0/s1. The van der Waals surface area contributed by atoms with Gasteiger partial charge in [-0.1, -0.05) is 174 Å². The molecule has 0 saturated carbocycles. The van der Waals surface area contributed by atoms with Crippen LogP contribution in [-0.4, -0.2) is 55.1 Å². The number of sulfonamides is 1. The van der Waals surface area contributed by atoms with Crippen molar-refractivity contribution in [3.8, 4) is 0 Å². The molecule has 9 heteroatoms. The van der Waals surface area contributed by atoms with E-state index in [-0.39, 0.29) is 25.2 Å². The fourth-order valence-electron chi connectivity index (χ4n) is 5.74. The van der Waals surface area contributed by atoms with Crippen molar-refractivity contribution in [2.45, 2.75) is 206 Å². The highest BCUT2D eigenvalue weighted by Crippen LogP contribution is 2.15. The summed E-state index contributed by atoms with van der Waals surface area (Å²) in [4.78, 5) is 22.7. The summed E-state index contributed by atoms with van der Waals surface area (Å²) in [6.07, 6.45) is 32.7. The highest BCUT2D eigenvalue weighted by atomic mass is 32.2. The normalized spacial score (nSPS) is 13.3. The molecular weight excluding hydrogens is 614 g/mol. The molecule has 0 amide bonds. The minimum absolute atomic E-state index is 0.0519. The number of esters is 1. The van der Waals surface area contributed by atoms with Crippen molar-refractivity contribution in [3.05, 3.63) is 12.2 Å². The number of hydrogen-bond donors (Lipinski definition) is 3. The van der Waals surface area contributed by atoms with Crippen LogP contribution in [0.25, 0.3) is 0 Å². The number of carboxylic acid groups (broad SMARTS) is 1. The third-order valence-electron chi connectivity index (χ3n) is 8.78. The second-order valence-electron chi connectivity index (χ2n) is 13.5. The number of hydrogen-bond acceptors (Lipinski definition) is 6. The summed E-state index contributed by atoms with van der Waals surface area (Å²) in [5.74, 6) is -1.90. The first-order chi connectivity index (χ1) is 22.7. The number of nitrogens with one attached hydrogen (secondary N) is 1. The van der Waals surface area contributed by atoms with Crippen LogP contribution in [0, 0.1) is 0 Å². The molecule has 0 saturated heterocycles. The van der Waals surface area contributed by atoms with Gasteiger partial charge in [-0.15, -0.1) is 0 Å². The van der Waals surface area contributed by atoms with Crippen molar-refractivity contribution in [1.29, 1.82) is 0 Å². The largest absolute Gasteiger partial charge is 0.481 e. The zero-order valence-electron chi connectivity index (χ0n) is 30.4. The average molecular weight is 688 g/mol. The van der Waals surface area contributed by atoms with Crippen LogP contribution < -0.4 is 4.72 Å². The molecule has 0 heterocycles. The Kier molecular flexibility index (Phi) is 32.0. The monoisotopic (exact) mass is 688 g/mol. The van der Waals surface area contributed by atoms with Gasteiger partial charge in [0.05, 0.1) is 30.7 Å². The van der Waals surface area contributed by atoms with Crippen molar-refractivity contribution in [2.24, 2.45) is 0 Å². The van der Waals surface area contributed by atoms with Gasteiger partial charge in [-0.25, -0.2) is 13.1 Å². The van der Waals surface area contributed by atoms with Gasteiger partial charge in [0, 0.05) is 0 Å². The van der Waals surface area contributed by atoms with Gasteiger partial charge in [0.15, 0.2) is 0 Å². The van der Waals surface area contributed by atoms with E-state index in [1.165, 1.54) is 122 Å². The lowest BCUT2D eigenvalue weighted by Gasteiger charge is -2.22. The number of allylic oxidation sites excluding steroid dienone is 1. The lowest BCUT2D eigenvalue weighted by molar-refractivity contribution is -0.148. The van der Waals surface area contributed by atoms with Crippen LogP contribution >= 0.6 is 0 Å². The van der Waals surface area contributed by atoms with Crippen LogP contribution in [0.15, 0.2) is 12.2 Å². The fourth-order valence-corrected chi connectivity index (χ4v) is 7.11. The summed E-state index contributed by atoms with van der Waals surface area (Å²) < 4.78 is 33.4. The lowest BCUT2D eigenvalue weighted by Crippen LogP contribution is -2.46. The molecule has 0 aliphatic heterocycles. The molecule has 278 valence electrons. The third-order valence-corrected chi connectivity index (χ3v) is 10.3. The zero-order chi connectivity index (χ0) is 34.9. The lowest BCUT2D eigenvalue weighted by atomic mass is 10.0. The van der Waals surface area contributed by atoms with Crippen molar-refractivity contribution >= 4 is 22.0 Å². The Morgan fingerprint density at radius 3 is 1.47 bits per heavy atom. The molecule has 0 aromatic heterocycles. The predicted octanol–water partition coefficient (Wildman–Crippen LogP) is 9.78. The molecule has 0 fully saturated rings. The van der Waals surface area contributed by atoms with Crippen molar-refractivity contribution in [1.82, 2.24) is 4.72 Å². The van der Waals surface area contributed by atoms with Gasteiger partial charge in [-0.05, 0) is 19.3 Å². The Hall–Kier alpha value is -1.45. The summed E-state index contributed by atoms with van der Waals surface area (Å²) in [5, 5.41) is 19.6. The predicted molar refractivity (Wildman–Crippen MR) is 195 cm³/mol. The zero-order valence-corrected chi connectivity index (χ0v) is 31.2. The summed E-state index contributed by atoms with van der Waals surface area (Å²) in [6.45, 7) is 4.12. The first-order valence-electron chi connectivity index (χ1n) is 19.4. The molecule has 0 unspecified atom stereocenters. The van der Waals surface area contributed by atoms with E-state index in [4.69, 9.17) is 9.84 Å². The number of unbranched alkanes of at least 4 members (excludes halogenated alkanes) is 24. The average Bonchev–Trinajstić information content (AvgIpc) is 3.04. The molecule has 8 nitrogen and oxygen atoms in total. The SMILES string of the molecule is CCCCCCCCCCCCC/C=C/[C@@H](O)[C@H](COC(=O)CCC(=O)O)NS(=O)(=O)CCCCCCCCCCCCCCCC. The molecule has 2 atom stereocenters. The van der Waals surface area contributed by atoms with E-state index in [2.05, 4.69) is 18.6 Å². The first-order valence-corrected chi connectivity index (χ1v) is 21.1. The molecule has 0 aliphatic rings. The van der Waals surface area contributed by atoms with Crippen LogP contribution in [0.1, 0.15) is 194 Å². The van der Waals surface area contributed by atoms with E-state index >= 15 is 0 Å². The summed E-state index contributed by atoms with van der Waals surface area (Å²) in [5.41, 5.74) is 0. The van der Waals surface area contributed by atoms with Crippen LogP contribution in [0.2, 0.25) is 0 Å². The van der Waals surface area contributed by atoms with E-state index in [1.807, 2.05) is 6.08 Å². The Labute approximate surface area is 289 Å². The van der Waals surface area contributed by atoms with Crippen molar-refractivity contribution in [2.75, 3.05) is 12.4 Å². The van der Waals surface area contributed by atoms with Gasteiger partial charge in [0.2, 0.25) is 10.0 Å². The number of carbonyl (C=O) groups excluding carboxylic acids is 1. The number of aliphatic hydroxyl groups is 1. The van der Waals surface area contributed by atoms with E-state index in [1.54, 1.807) is 6.08 Å². The third kappa shape index (κ3) is 32.9. The summed E-state index contributed by atoms with van der Waals surface area (Å²) >= 11 is 0. The van der Waals surface area contributed by atoms with Gasteiger partial charge < -0.3 is 14.9 Å². The molecule has 47 heavy (non-hydrogen) atoms. The Balaban J connectivity index is 4.41. The molecular formula is C38H73NO7S. The second-order valence-corrected chi connectivity index (χ2v) is 15.3. The van der Waals surface area contributed by atoms with Gasteiger partial charge in [-0.2, -0.15) is 0 Å². The molecule has 0 aromatic rings. The number of carbonyl (C=O) groups is 2. The number of rotatable bonds is 36. The summed E-state index contributed by atoms with van der Waals surface area (Å²) in [6, 6.07) is -1.03. The van der Waals surface area contributed by atoms with Crippen molar-refractivity contribution < 1.29 is 33.0 Å². The van der Waals surface area contributed by atoms with Gasteiger partial charge >= 0.3 is 11.9 Å². The van der Waals surface area contributed by atoms with Crippen molar-refractivity contribution in [3.63, 3.8) is 0 Å². The Bertz CT molecular complexity index is 862. The Morgan fingerprint density at radius 2 is 1.04 bits per heavy atom. The molecule has 0 aromatic carbocycles. The maximum absolute atomic E-state index is 12.8. The van der Waals surface area contributed by atoms with Gasteiger partial charge in [-0.3, -0.25) is 9.59 Å². The number of ether oxygens (including phenoxy) is 1. The number of aliphatic carboxylic acids is 1. The molecule has 3 N–H and O–H groups in total. The molecule has 0 radical (unpaired) electrons. The van der Waals surface area contributed by atoms with Crippen LogP contribution in [0.5, 0.6) is 0 Å². The molecule has 0 bridgehead atoms. The van der Waals surface area contributed by atoms with Crippen LogP contribution in [0.4, 0.5) is 0 Å². The van der Waals surface area contributed by atoms with Crippen LogP contribution in [0.3, 0.4) is 0 Å².